The largest absolute Gasteiger partial charge is 0.365 e. The second-order valence-electron chi connectivity index (χ2n) is 8.19. The SMILES string of the molecule is CC(C)c1ccccc1-c1nc(NCc2ccc(-c3ccccc3)cc2)c2sccc2n1. The van der Waals surface area contributed by atoms with Gasteiger partial charge in [0.2, 0.25) is 0 Å². The molecule has 0 amide bonds. The zero-order valence-electron chi connectivity index (χ0n) is 18.2. The zero-order chi connectivity index (χ0) is 21.9. The van der Waals surface area contributed by atoms with Crippen LogP contribution in [0.25, 0.3) is 32.7 Å². The molecular formula is C28H25N3S. The topological polar surface area (TPSA) is 37.8 Å². The van der Waals surface area contributed by atoms with Crippen LogP contribution in [0.15, 0.2) is 90.3 Å². The van der Waals surface area contributed by atoms with Crippen molar-refractivity contribution in [3.8, 4) is 22.5 Å². The Morgan fingerprint density at radius 1 is 0.781 bits per heavy atom. The minimum Gasteiger partial charge on any atom is -0.365 e. The summed E-state index contributed by atoms with van der Waals surface area (Å²) in [5.41, 5.74) is 7.04. The number of thiophene rings is 1. The lowest BCUT2D eigenvalue weighted by atomic mass is 9.97. The van der Waals surface area contributed by atoms with Crippen LogP contribution in [0.3, 0.4) is 0 Å². The molecule has 1 N–H and O–H groups in total. The predicted octanol–water partition coefficient (Wildman–Crippen LogP) is 7.76. The van der Waals surface area contributed by atoms with Gasteiger partial charge < -0.3 is 5.32 Å². The molecule has 0 unspecified atom stereocenters. The molecule has 3 aromatic carbocycles. The molecule has 0 aliphatic carbocycles. The molecule has 158 valence electrons. The van der Waals surface area contributed by atoms with E-state index >= 15 is 0 Å². The lowest BCUT2D eigenvalue weighted by Gasteiger charge is -2.13. The maximum atomic E-state index is 4.95. The Morgan fingerprint density at radius 3 is 2.28 bits per heavy atom. The molecule has 0 aliphatic rings. The quantitative estimate of drug-likeness (QED) is 0.296. The summed E-state index contributed by atoms with van der Waals surface area (Å²) >= 11 is 1.68. The first-order chi connectivity index (χ1) is 15.7. The average Bonchev–Trinajstić information content (AvgIpc) is 3.32. The Balaban J connectivity index is 1.43. The molecule has 0 saturated carbocycles. The van der Waals surface area contributed by atoms with Gasteiger partial charge in [-0.05, 0) is 39.6 Å². The van der Waals surface area contributed by atoms with Crippen LogP contribution in [-0.4, -0.2) is 9.97 Å². The van der Waals surface area contributed by atoms with E-state index in [0.29, 0.717) is 12.5 Å². The molecule has 5 aromatic rings. The van der Waals surface area contributed by atoms with E-state index in [4.69, 9.17) is 9.97 Å². The van der Waals surface area contributed by atoms with Crippen LogP contribution >= 0.6 is 11.3 Å². The molecule has 32 heavy (non-hydrogen) atoms. The first kappa shape index (κ1) is 20.4. The molecule has 4 heteroatoms. The highest BCUT2D eigenvalue weighted by Crippen LogP contribution is 2.32. The van der Waals surface area contributed by atoms with Crippen molar-refractivity contribution in [1.29, 1.82) is 0 Å². The van der Waals surface area contributed by atoms with Gasteiger partial charge in [0.25, 0.3) is 0 Å². The number of hydrogen-bond acceptors (Lipinski definition) is 4. The third-order valence-corrected chi connectivity index (χ3v) is 6.56. The van der Waals surface area contributed by atoms with Crippen LogP contribution in [0.1, 0.15) is 30.9 Å². The van der Waals surface area contributed by atoms with E-state index in [1.165, 1.54) is 22.3 Å². The lowest BCUT2D eigenvalue weighted by Crippen LogP contribution is -2.04. The van der Waals surface area contributed by atoms with Crippen molar-refractivity contribution >= 4 is 27.4 Å². The van der Waals surface area contributed by atoms with E-state index in [1.807, 2.05) is 6.07 Å². The Bertz CT molecular complexity index is 1340. The van der Waals surface area contributed by atoms with Gasteiger partial charge in [-0.1, -0.05) is 92.7 Å². The molecule has 5 rings (SSSR count). The highest BCUT2D eigenvalue weighted by atomic mass is 32.1. The van der Waals surface area contributed by atoms with Gasteiger partial charge in [0.15, 0.2) is 5.82 Å². The second kappa shape index (κ2) is 8.93. The molecule has 3 nitrogen and oxygen atoms in total. The van der Waals surface area contributed by atoms with Crippen LogP contribution in [0, 0.1) is 0 Å². The third-order valence-electron chi connectivity index (χ3n) is 5.65. The smallest absolute Gasteiger partial charge is 0.162 e. The van der Waals surface area contributed by atoms with Crippen LogP contribution in [-0.2, 0) is 6.54 Å². The fourth-order valence-electron chi connectivity index (χ4n) is 3.94. The van der Waals surface area contributed by atoms with Gasteiger partial charge in [-0.2, -0.15) is 0 Å². The monoisotopic (exact) mass is 435 g/mol. The number of benzene rings is 3. The van der Waals surface area contributed by atoms with Crippen molar-refractivity contribution in [1.82, 2.24) is 9.97 Å². The molecule has 0 aliphatic heterocycles. The van der Waals surface area contributed by atoms with Gasteiger partial charge >= 0.3 is 0 Å². The molecule has 0 fully saturated rings. The zero-order valence-corrected chi connectivity index (χ0v) is 19.1. The van der Waals surface area contributed by atoms with E-state index in [-0.39, 0.29) is 0 Å². The van der Waals surface area contributed by atoms with E-state index in [1.54, 1.807) is 11.3 Å². The van der Waals surface area contributed by atoms with E-state index in [2.05, 4.69) is 103 Å². The normalized spacial score (nSPS) is 11.2. The van der Waals surface area contributed by atoms with E-state index < -0.39 is 0 Å². The highest BCUT2D eigenvalue weighted by molar-refractivity contribution is 7.17. The summed E-state index contributed by atoms with van der Waals surface area (Å²) in [5.74, 6) is 2.08. The van der Waals surface area contributed by atoms with Crippen molar-refractivity contribution in [3.63, 3.8) is 0 Å². The van der Waals surface area contributed by atoms with Gasteiger partial charge in [0.05, 0.1) is 10.2 Å². The maximum Gasteiger partial charge on any atom is 0.162 e. The number of aromatic nitrogens is 2. The Hall–Kier alpha value is -3.50. The molecule has 2 heterocycles. The van der Waals surface area contributed by atoms with Gasteiger partial charge in [0.1, 0.15) is 5.82 Å². The summed E-state index contributed by atoms with van der Waals surface area (Å²) in [6.45, 7) is 5.13. The van der Waals surface area contributed by atoms with Crippen molar-refractivity contribution < 1.29 is 0 Å². The molecule has 0 saturated heterocycles. The van der Waals surface area contributed by atoms with Gasteiger partial charge in [0, 0.05) is 12.1 Å². The highest BCUT2D eigenvalue weighted by Gasteiger charge is 2.14. The molecule has 2 aromatic heterocycles. The second-order valence-corrected chi connectivity index (χ2v) is 9.11. The van der Waals surface area contributed by atoms with Crippen molar-refractivity contribution in [2.24, 2.45) is 0 Å². The molecule has 0 atom stereocenters. The fourth-order valence-corrected chi connectivity index (χ4v) is 4.74. The Morgan fingerprint density at radius 2 is 1.50 bits per heavy atom. The summed E-state index contributed by atoms with van der Waals surface area (Å²) in [5, 5.41) is 5.65. The van der Waals surface area contributed by atoms with Crippen LogP contribution in [0.5, 0.6) is 0 Å². The standard InChI is InChI=1S/C28H25N3S/c1-19(2)23-10-6-7-11-24(23)27-30-25-16-17-32-26(25)28(31-27)29-18-20-12-14-22(15-13-20)21-8-4-3-5-9-21/h3-17,19H,18H2,1-2H3,(H,29,30,31). The molecule has 0 bridgehead atoms. The fraction of sp³-hybridized carbons (Fsp3) is 0.143. The molecule has 0 spiro atoms. The van der Waals surface area contributed by atoms with Crippen LogP contribution in [0.4, 0.5) is 5.82 Å². The summed E-state index contributed by atoms with van der Waals surface area (Å²) in [6, 6.07) is 29.7. The summed E-state index contributed by atoms with van der Waals surface area (Å²) < 4.78 is 1.09. The van der Waals surface area contributed by atoms with Crippen LogP contribution < -0.4 is 5.32 Å². The van der Waals surface area contributed by atoms with Crippen molar-refractivity contribution in [2.45, 2.75) is 26.3 Å². The average molecular weight is 436 g/mol. The van der Waals surface area contributed by atoms with Gasteiger partial charge in [-0.25, -0.2) is 9.97 Å². The molecule has 0 radical (unpaired) electrons. The summed E-state index contributed by atoms with van der Waals surface area (Å²) in [7, 11) is 0. The number of fused-ring (bicyclic) bond motifs is 1. The Labute approximate surface area is 192 Å². The number of nitrogens with zero attached hydrogens (tertiary/aromatic N) is 2. The number of rotatable bonds is 6. The minimum atomic E-state index is 0.410. The Kier molecular flexibility index (Phi) is 5.70. The maximum absolute atomic E-state index is 4.95. The first-order valence-electron chi connectivity index (χ1n) is 10.9. The summed E-state index contributed by atoms with van der Waals surface area (Å²) in [6.07, 6.45) is 0. The van der Waals surface area contributed by atoms with Crippen LogP contribution in [0.2, 0.25) is 0 Å². The minimum absolute atomic E-state index is 0.410. The number of hydrogen-bond donors (Lipinski definition) is 1. The number of anilines is 1. The van der Waals surface area contributed by atoms with Crippen molar-refractivity contribution in [2.75, 3.05) is 5.32 Å². The lowest BCUT2D eigenvalue weighted by molar-refractivity contribution is 0.866. The predicted molar refractivity (Wildman–Crippen MR) is 136 cm³/mol. The number of nitrogens with one attached hydrogen (secondary N) is 1. The van der Waals surface area contributed by atoms with Gasteiger partial charge in [-0.3, -0.25) is 0 Å². The third kappa shape index (κ3) is 4.14. The first-order valence-corrected chi connectivity index (χ1v) is 11.8. The summed E-state index contributed by atoms with van der Waals surface area (Å²) in [4.78, 5) is 9.82. The van der Waals surface area contributed by atoms with Gasteiger partial charge in [-0.15, -0.1) is 11.3 Å². The van der Waals surface area contributed by atoms with E-state index in [9.17, 15) is 0 Å². The molecular weight excluding hydrogens is 410 g/mol. The van der Waals surface area contributed by atoms with E-state index in [0.717, 1.165) is 27.4 Å². The van der Waals surface area contributed by atoms with Crippen molar-refractivity contribution in [3.05, 3.63) is 101 Å².